The molecule has 1 aromatic rings. The van der Waals surface area contributed by atoms with Crippen LogP contribution in [0.4, 0.5) is 4.79 Å². The second kappa shape index (κ2) is 15.1. The van der Waals surface area contributed by atoms with Crippen LogP contribution in [-0.4, -0.2) is 60.1 Å². The maximum Gasteiger partial charge on any atom is 0.408 e. The molecule has 0 aliphatic heterocycles. The van der Waals surface area contributed by atoms with Crippen LogP contribution in [0.1, 0.15) is 84.4 Å². The van der Waals surface area contributed by atoms with Crippen molar-refractivity contribution in [2.45, 2.75) is 91.8 Å². The smallest absolute Gasteiger partial charge is 0.408 e. The number of aryl methyl sites for hydroxylation is 1. The van der Waals surface area contributed by atoms with Crippen molar-refractivity contribution in [3.63, 3.8) is 0 Å². The van der Waals surface area contributed by atoms with Gasteiger partial charge in [0, 0.05) is 13.1 Å². The van der Waals surface area contributed by atoms with Gasteiger partial charge in [-0.25, -0.2) is 4.79 Å². The number of esters is 1. The molecule has 0 aliphatic rings. The number of ether oxygens (including phenoxy) is 2. The highest BCUT2D eigenvalue weighted by molar-refractivity contribution is 5.92. The molecule has 0 saturated heterocycles. The number of amides is 3. The Hall–Kier alpha value is -3.10. The molecule has 9 heteroatoms. The first-order chi connectivity index (χ1) is 16.9. The molecule has 1 aromatic carbocycles. The van der Waals surface area contributed by atoms with Gasteiger partial charge >= 0.3 is 12.1 Å². The predicted molar refractivity (Wildman–Crippen MR) is 138 cm³/mol. The van der Waals surface area contributed by atoms with E-state index < -0.39 is 41.6 Å². The van der Waals surface area contributed by atoms with Crippen molar-refractivity contribution < 1.29 is 28.7 Å². The van der Waals surface area contributed by atoms with E-state index in [0.717, 1.165) is 18.4 Å². The average molecular weight is 506 g/mol. The van der Waals surface area contributed by atoms with E-state index in [-0.39, 0.29) is 19.6 Å². The normalized spacial score (nSPS) is 12.8. The Bertz CT molecular complexity index is 881. The average Bonchev–Trinajstić information content (AvgIpc) is 2.77. The number of unbranched alkanes of at least 4 members (excludes halogenated alkanes) is 2. The molecule has 0 fully saturated rings. The number of benzene rings is 1. The van der Waals surface area contributed by atoms with Crippen LogP contribution in [0.15, 0.2) is 24.3 Å². The molecule has 0 bridgehead atoms. The minimum Gasteiger partial charge on any atom is -0.466 e. The van der Waals surface area contributed by atoms with Crippen LogP contribution in [-0.2, 0) is 23.9 Å². The highest BCUT2D eigenvalue weighted by Crippen LogP contribution is 2.26. The van der Waals surface area contributed by atoms with Crippen LogP contribution >= 0.6 is 0 Å². The fourth-order valence-corrected chi connectivity index (χ4v) is 3.66. The van der Waals surface area contributed by atoms with E-state index in [1.165, 1.54) is 4.90 Å². The molecule has 2 unspecified atom stereocenters. The summed E-state index contributed by atoms with van der Waals surface area (Å²) in [4.78, 5) is 52.7. The molecular formula is C27H43N3O6. The van der Waals surface area contributed by atoms with E-state index >= 15 is 0 Å². The molecule has 0 heterocycles. The number of rotatable bonds is 13. The molecule has 1 rings (SSSR count). The van der Waals surface area contributed by atoms with E-state index in [0.29, 0.717) is 18.5 Å². The first-order valence-electron chi connectivity index (χ1n) is 12.7. The number of alkyl carbamates (subject to hydrolysis) is 1. The minimum absolute atomic E-state index is 0.0282. The van der Waals surface area contributed by atoms with Gasteiger partial charge in [0.1, 0.15) is 17.7 Å². The van der Waals surface area contributed by atoms with Crippen LogP contribution < -0.4 is 10.6 Å². The lowest BCUT2D eigenvalue weighted by molar-refractivity contribution is -0.144. The maximum absolute atomic E-state index is 13.6. The number of nitrogens with one attached hydrogen (secondary N) is 2. The number of hydrogen-bond acceptors (Lipinski definition) is 6. The minimum atomic E-state index is -0.930. The first kappa shape index (κ1) is 30.9. The van der Waals surface area contributed by atoms with Gasteiger partial charge in [0.2, 0.25) is 11.8 Å². The van der Waals surface area contributed by atoms with Crippen LogP contribution in [0.3, 0.4) is 0 Å². The Morgan fingerprint density at radius 1 is 1.06 bits per heavy atom. The molecule has 36 heavy (non-hydrogen) atoms. The third-order valence-electron chi connectivity index (χ3n) is 5.37. The predicted octanol–water partition coefficient (Wildman–Crippen LogP) is 4.04. The lowest BCUT2D eigenvalue weighted by Gasteiger charge is -2.34. The van der Waals surface area contributed by atoms with Crippen molar-refractivity contribution in [2.24, 2.45) is 0 Å². The number of carbonyl (C=O) groups excluding carboxylic acids is 4. The summed E-state index contributed by atoms with van der Waals surface area (Å²) < 4.78 is 10.2. The molecule has 0 saturated carbocycles. The fourth-order valence-electron chi connectivity index (χ4n) is 3.66. The molecular weight excluding hydrogens is 462 g/mol. The van der Waals surface area contributed by atoms with Gasteiger partial charge in [0.25, 0.3) is 0 Å². The third-order valence-corrected chi connectivity index (χ3v) is 5.37. The van der Waals surface area contributed by atoms with Crippen molar-refractivity contribution in [2.75, 3.05) is 19.7 Å². The second-order valence-corrected chi connectivity index (χ2v) is 9.71. The zero-order valence-corrected chi connectivity index (χ0v) is 22.8. The van der Waals surface area contributed by atoms with Gasteiger partial charge in [0.05, 0.1) is 13.0 Å². The van der Waals surface area contributed by atoms with Crippen LogP contribution in [0.25, 0.3) is 0 Å². The summed E-state index contributed by atoms with van der Waals surface area (Å²) >= 11 is 0. The van der Waals surface area contributed by atoms with E-state index in [2.05, 4.69) is 17.6 Å². The van der Waals surface area contributed by atoms with Gasteiger partial charge in [-0.05, 0) is 59.1 Å². The maximum atomic E-state index is 13.6. The molecule has 202 valence electrons. The summed E-state index contributed by atoms with van der Waals surface area (Å²) in [5, 5.41) is 5.38. The molecule has 0 aliphatic carbocycles. The van der Waals surface area contributed by atoms with Crippen molar-refractivity contribution >= 4 is 23.9 Å². The van der Waals surface area contributed by atoms with E-state index in [4.69, 9.17) is 9.47 Å². The summed E-state index contributed by atoms with van der Waals surface area (Å²) in [7, 11) is 0. The van der Waals surface area contributed by atoms with Crippen LogP contribution in [0, 0.1) is 6.92 Å². The van der Waals surface area contributed by atoms with Gasteiger partial charge in [-0.15, -0.1) is 0 Å². The Balaban J connectivity index is 3.25. The van der Waals surface area contributed by atoms with Crippen molar-refractivity contribution in [3.8, 4) is 0 Å². The van der Waals surface area contributed by atoms with E-state index in [9.17, 15) is 19.2 Å². The van der Waals surface area contributed by atoms with E-state index in [1.807, 2.05) is 31.2 Å². The van der Waals surface area contributed by atoms with Gasteiger partial charge in [-0.2, -0.15) is 0 Å². The van der Waals surface area contributed by atoms with Gasteiger partial charge in [-0.1, -0.05) is 44.0 Å². The monoisotopic (exact) mass is 505 g/mol. The number of nitrogens with zero attached hydrogens (tertiary/aromatic N) is 1. The molecule has 0 spiro atoms. The summed E-state index contributed by atoms with van der Waals surface area (Å²) in [5.41, 5.74) is 0.820. The van der Waals surface area contributed by atoms with Gasteiger partial charge in [0.15, 0.2) is 0 Å². The fraction of sp³-hybridized carbons (Fsp3) is 0.630. The summed E-state index contributed by atoms with van der Waals surface area (Å²) in [6, 6.07) is 5.53. The van der Waals surface area contributed by atoms with Crippen LogP contribution in [0.2, 0.25) is 0 Å². The number of carbonyl (C=O) groups is 4. The van der Waals surface area contributed by atoms with Crippen LogP contribution in [0.5, 0.6) is 0 Å². The SMILES string of the molecule is CCCCCN(C(=O)C(C)NC(=O)OC(C)(C)C)C(C(=O)NCCC(=O)OCC)c1ccccc1C. The molecule has 2 atom stereocenters. The second-order valence-electron chi connectivity index (χ2n) is 9.71. The molecule has 0 aromatic heterocycles. The topological polar surface area (TPSA) is 114 Å². The van der Waals surface area contributed by atoms with Crippen molar-refractivity contribution in [3.05, 3.63) is 35.4 Å². The van der Waals surface area contributed by atoms with Crippen molar-refractivity contribution in [1.29, 1.82) is 0 Å². The number of hydrogen-bond donors (Lipinski definition) is 2. The molecule has 2 N–H and O–H groups in total. The van der Waals surface area contributed by atoms with E-state index in [1.54, 1.807) is 34.6 Å². The zero-order chi connectivity index (χ0) is 27.3. The largest absolute Gasteiger partial charge is 0.466 e. The molecule has 9 nitrogen and oxygen atoms in total. The van der Waals surface area contributed by atoms with Gasteiger partial charge < -0.3 is 25.0 Å². The first-order valence-corrected chi connectivity index (χ1v) is 12.7. The lowest BCUT2D eigenvalue weighted by Crippen LogP contribution is -2.52. The zero-order valence-electron chi connectivity index (χ0n) is 22.8. The standard InChI is InChI=1S/C27H43N3O6/c1-8-10-13-18-30(25(33)20(4)29-26(34)36-27(5,6)7)23(21-15-12-11-14-19(21)3)24(32)28-17-16-22(31)35-9-2/h11-12,14-15,20,23H,8-10,13,16-18H2,1-7H3,(H,28,32)(H,29,34). The summed E-state index contributed by atoms with van der Waals surface area (Å²) in [6.07, 6.45) is 1.83. The summed E-state index contributed by atoms with van der Waals surface area (Å²) in [6.45, 7) is 13.1. The highest BCUT2D eigenvalue weighted by Gasteiger charge is 2.35. The quantitative estimate of drug-likeness (QED) is 0.309. The Kier molecular flexibility index (Phi) is 13.0. The third kappa shape index (κ3) is 10.7. The Labute approximate surface area is 215 Å². The van der Waals surface area contributed by atoms with Crippen molar-refractivity contribution in [1.82, 2.24) is 15.5 Å². The Morgan fingerprint density at radius 3 is 2.31 bits per heavy atom. The van der Waals surface area contributed by atoms with Gasteiger partial charge in [-0.3, -0.25) is 14.4 Å². The lowest BCUT2D eigenvalue weighted by atomic mass is 9.97. The highest BCUT2D eigenvalue weighted by atomic mass is 16.6. The molecule has 3 amide bonds. The Morgan fingerprint density at radius 2 is 1.72 bits per heavy atom. The summed E-state index contributed by atoms with van der Waals surface area (Å²) in [5.74, 6) is -1.20. The molecule has 0 radical (unpaired) electrons.